The molecule has 0 spiro atoms. The number of hydrogen-bond acceptors (Lipinski definition) is 5. The molecule has 1 unspecified atom stereocenters. The van der Waals surface area contributed by atoms with E-state index >= 15 is 0 Å². The molecule has 1 N–H and O–H groups in total. The number of benzene rings is 1. The van der Waals surface area contributed by atoms with Gasteiger partial charge in [-0.15, -0.1) is 0 Å². The van der Waals surface area contributed by atoms with Gasteiger partial charge < -0.3 is 14.6 Å². The van der Waals surface area contributed by atoms with Crippen LogP contribution in [0.2, 0.25) is 5.02 Å². The number of methoxy groups -OCH3 is 1. The molecule has 1 saturated heterocycles. The first kappa shape index (κ1) is 14.8. The predicted octanol–water partition coefficient (Wildman–Crippen LogP) is 2.10. The van der Waals surface area contributed by atoms with Gasteiger partial charge in [0.25, 0.3) is 0 Å². The van der Waals surface area contributed by atoms with Crippen molar-refractivity contribution in [2.24, 2.45) is 0 Å². The van der Waals surface area contributed by atoms with Crippen LogP contribution < -0.4 is 10.1 Å². The molecule has 7 heteroatoms. The molecular weight excluding hydrogens is 306 g/mol. The van der Waals surface area contributed by atoms with Crippen LogP contribution >= 0.6 is 11.6 Å². The van der Waals surface area contributed by atoms with Gasteiger partial charge >= 0.3 is 0 Å². The Hall–Kier alpha value is -2.08. The highest BCUT2D eigenvalue weighted by atomic mass is 35.5. The van der Waals surface area contributed by atoms with Gasteiger partial charge in [0.1, 0.15) is 5.75 Å². The molecule has 116 valence electrons. The molecule has 22 heavy (non-hydrogen) atoms. The van der Waals surface area contributed by atoms with E-state index in [1.165, 1.54) is 0 Å². The van der Waals surface area contributed by atoms with E-state index in [0.717, 1.165) is 11.3 Å². The topological polar surface area (TPSA) is 77.3 Å². The normalized spacial score (nSPS) is 21.0. The van der Waals surface area contributed by atoms with Crippen molar-refractivity contribution >= 4 is 17.5 Å². The summed E-state index contributed by atoms with van der Waals surface area (Å²) in [6.07, 6.45) is 0.805. The average Bonchev–Trinajstić information content (AvgIpc) is 3.07. The highest BCUT2D eigenvalue weighted by molar-refractivity contribution is 6.30. The van der Waals surface area contributed by atoms with Crippen LogP contribution in [-0.2, 0) is 16.6 Å². The molecule has 1 atom stereocenters. The summed E-state index contributed by atoms with van der Waals surface area (Å²) in [5.74, 6) is 1.73. The fourth-order valence-electron chi connectivity index (χ4n) is 2.55. The SMILES string of the molecule is COc1ccc(Cl)cc1Cc1noc(C2(C)CNC(=O)C2)n1. The standard InChI is InChI=1S/C15H16ClN3O3/c1-15(7-13(20)17-8-15)14-18-12(19-22-14)6-9-5-10(16)3-4-11(9)21-2/h3-5H,6-8H2,1-2H3,(H,17,20). The van der Waals surface area contributed by atoms with Gasteiger partial charge in [-0.05, 0) is 25.1 Å². The molecule has 0 saturated carbocycles. The van der Waals surface area contributed by atoms with Crippen molar-refractivity contribution in [2.45, 2.75) is 25.2 Å². The maximum atomic E-state index is 11.4. The Balaban J connectivity index is 1.83. The lowest BCUT2D eigenvalue weighted by atomic mass is 9.89. The van der Waals surface area contributed by atoms with E-state index in [1.807, 2.05) is 13.0 Å². The fourth-order valence-corrected chi connectivity index (χ4v) is 2.75. The van der Waals surface area contributed by atoms with Crippen molar-refractivity contribution in [3.05, 3.63) is 40.5 Å². The predicted molar refractivity (Wildman–Crippen MR) is 80.1 cm³/mol. The Morgan fingerprint density at radius 1 is 1.50 bits per heavy atom. The molecule has 1 amide bonds. The molecule has 3 rings (SSSR count). The van der Waals surface area contributed by atoms with E-state index in [0.29, 0.717) is 36.1 Å². The average molecular weight is 322 g/mol. The van der Waals surface area contributed by atoms with E-state index in [1.54, 1.807) is 19.2 Å². The number of carbonyl (C=O) groups is 1. The van der Waals surface area contributed by atoms with Crippen LogP contribution in [0.4, 0.5) is 0 Å². The van der Waals surface area contributed by atoms with E-state index in [9.17, 15) is 4.79 Å². The van der Waals surface area contributed by atoms with E-state index < -0.39 is 5.41 Å². The number of amides is 1. The molecule has 1 aliphatic rings. The first-order valence-corrected chi connectivity index (χ1v) is 7.30. The molecule has 0 aliphatic carbocycles. The summed E-state index contributed by atoms with van der Waals surface area (Å²) < 4.78 is 10.7. The van der Waals surface area contributed by atoms with Gasteiger partial charge in [-0.25, -0.2) is 0 Å². The second-order valence-electron chi connectivity index (χ2n) is 5.66. The first-order chi connectivity index (χ1) is 10.5. The minimum atomic E-state index is -0.444. The number of aromatic nitrogens is 2. The molecule has 1 aromatic heterocycles. The molecular formula is C15H16ClN3O3. The Bertz CT molecular complexity index is 716. The van der Waals surface area contributed by atoms with Gasteiger partial charge in [0.05, 0.1) is 12.5 Å². The molecule has 2 aromatic rings. The van der Waals surface area contributed by atoms with Crippen molar-refractivity contribution < 1.29 is 14.1 Å². The Morgan fingerprint density at radius 2 is 2.32 bits per heavy atom. The monoisotopic (exact) mass is 321 g/mol. The molecule has 2 heterocycles. The van der Waals surface area contributed by atoms with Gasteiger partial charge in [0.15, 0.2) is 5.82 Å². The van der Waals surface area contributed by atoms with Crippen molar-refractivity contribution in [3.8, 4) is 5.75 Å². The zero-order chi connectivity index (χ0) is 15.7. The Labute approximate surface area is 132 Å². The quantitative estimate of drug-likeness (QED) is 0.933. The summed E-state index contributed by atoms with van der Waals surface area (Å²) in [5, 5.41) is 7.42. The van der Waals surface area contributed by atoms with Crippen LogP contribution in [0.15, 0.2) is 22.7 Å². The van der Waals surface area contributed by atoms with E-state index in [-0.39, 0.29) is 5.91 Å². The molecule has 1 aliphatic heterocycles. The number of hydrogen-bond donors (Lipinski definition) is 1. The molecule has 0 bridgehead atoms. The van der Waals surface area contributed by atoms with Crippen molar-refractivity contribution in [3.63, 3.8) is 0 Å². The lowest BCUT2D eigenvalue weighted by Crippen LogP contribution is -2.25. The third-order valence-corrected chi connectivity index (χ3v) is 4.04. The van der Waals surface area contributed by atoms with Gasteiger partial charge in [0.2, 0.25) is 11.8 Å². The summed E-state index contributed by atoms with van der Waals surface area (Å²) in [6, 6.07) is 5.39. The Morgan fingerprint density at radius 3 is 3.00 bits per heavy atom. The van der Waals surface area contributed by atoms with Crippen LogP contribution in [0.1, 0.15) is 30.6 Å². The first-order valence-electron chi connectivity index (χ1n) is 6.92. The summed E-state index contributed by atoms with van der Waals surface area (Å²) in [7, 11) is 1.60. The number of nitrogens with zero attached hydrogens (tertiary/aromatic N) is 2. The van der Waals surface area contributed by atoms with Gasteiger partial charge in [-0.1, -0.05) is 16.8 Å². The minimum Gasteiger partial charge on any atom is -0.496 e. The van der Waals surface area contributed by atoms with Crippen LogP contribution in [0.5, 0.6) is 5.75 Å². The van der Waals surface area contributed by atoms with E-state index in [2.05, 4.69) is 15.5 Å². The summed E-state index contributed by atoms with van der Waals surface area (Å²) in [5.41, 5.74) is 0.439. The van der Waals surface area contributed by atoms with Crippen LogP contribution in [0.3, 0.4) is 0 Å². The van der Waals surface area contributed by atoms with Gasteiger partial charge in [-0.3, -0.25) is 4.79 Å². The third kappa shape index (κ3) is 2.78. The van der Waals surface area contributed by atoms with Crippen LogP contribution in [-0.4, -0.2) is 29.7 Å². The molecule has 1 fully saturated rings. The largest absolute Gasteiger partial charge is 0.496 e. The molecule has 1 aromatic carbocycles. The molecule has 6 nitrogen and oxygen atoms in total. The maximum Gasteiger partial charge on any atom is 0.234 e. The van der Waals surface area contributed by atoms with E-state index in [4.69, 9.17) is 20.9 Å². The second-order valence-corrected chi connectivity index (χ2v) is 6.10. The number of ether oxygens (including phenoxy) is 1. The number of rotatable bonds is 4. The summed E-state index contributed by atoms with van der Waals surface area (Å²) in [4.78, 5) is 15.8. The number of halogens is 1. The summed E-state index contributed by atoms with van der Waals surface area (Å²) in [6.45, 7) is 2.44. The van der Waals surface area contributed by atoms with Crippen molar-refractivity contribution in [1.29, 1.82) is 0 Å². The summed E-state index contributed by atoms with van der Waals surface area (Å²) >= 11 is 6.02. The van der Waals surface area contributed by atoms with Crippen LogP contribution in [0, 0.1) is 0 Å². The lowest BCUT2D eigenvalue weighted by molar-refractivity contribution is -0.119. The smallest absolute Gasteiger partial charge is 0.234 e. The zero-order valence-electron chi connectivity index (χ0n) is 12.4. The second kappa shape index (κ2) is 5.61. The van der Waals surface area contributed by atoms with Gasteiger partial charge in [0, 0.05) is 30.0 Å². The lowest BCUT2D eigenvalue weighted by Gasteiger charge is -2.14. The maximum absolute atomic E-state index is 11.4. The van der Waals surface area contributed by atoms with Crippen molar-refractivity contribution in [2.75, 3.05) is 13.7 Å². The number of carbonyl (C=O) groups excluding carboxylic acids is 1. The highest BCUT2D eigenvalue weighted by Crippen LogP contribution is 2.30. The fraction of sp³-hybridized carbons (Fsp3) is 0.400. The Kier molecular flexibility index (Phi) is 3.78. The highest BCUT2D eigenvalue weighted by Gasteiger charge is 2.40. The minimum absolute atomic E-state index is 0.00115. The van der Waals surface area contributed by atoms with Crippen molar-refractivity contribution in [1.82, 2.24) is 15.5 Å². The third-order valence-electron chi connectivity index (χ3n) is 3.80. The molecule has 0 radical (unpaired) electrons. The number of nitrogens with one attached hydrogen (secondary N) is 1. The zero-order valence-corrected chi connectivity index (χ0v) is 13.1. The van der Waals surface area contributed by atoms with Crippen LogP contribution in [0.25, 0.3) is 0 Å². The van der Waals surface area contributed by atoms with Gasteiger partial charge in [-0.2, -0.15) is 4.98 Å².